The Labute approximate surface area is 244 Å². The lowest BCUT2D eigenvalue weighted by Crippen LogP contribution is -2.54. The van der Waals surface area contributed by atoms with Gasteiger partial charge < -0.3 is 10.6 Å². The number of aromatic amines is 1. The van der Waals surface area contributed by atoms with Gasteiger partial charge in [-0.25, -0.2) is 4.98 Å². The predicted octanol–water partition coefficient (Wildman–Crippen LogP) is 5.48. The fourth-order valence-corrected chi connectivity index (χ4v) is 7.97. The van der Waals surface area contributed by atoms with Gasteiger partial charge >= 0.3 is 0 Å². The molecule has 5 aliphatic rings. The fourth-order valence-electron chi connectivity index (χ4n) is 7.97. The van der Waals surface area contributed by atoms with Crippen LogP contribution in [-0.4, -0.2) is 80.1 Å². The van der Waals surface area contributed by atoms with Gasteiger partial charge in [0, 0.05) is 81.0 Å². The lowest BCUT2D eigenvalue weighted by molar-refractivity contribution is -0.122. The largest absolute Gasteiger partial charge is 0.351 e. The molecule has 3 heterocycles. The van der Waals surface area contributed by atoms with Gasteiger partial charge in [-0.3, -0.25) is 19.7 Å². The van der Waals surface area contributed by atoms with Crippen LogP contribution in [0.5, 0.6) is 0 Å². The van der Waals surface area contributed by atoms with Crippen LogP contribution in [0.4, 0.5) is 17.6 Å². The molecular formula is C32H48N8O. The van der Waals surface area contributed by atoms with E-state index in [4.69, 9.17) is 4.98 Å². The summed E-state index contributed by atoms with van der Waals surface area (Å²) in [7, 11) is 0. The third-order valence-corrected chi connectivity index (χ3v) is 10.7. The number of nitrogens with one attached hydrogen (secondary N) is 3. The standard InChI is InChI=1S/C32H48N8O/c41-28(20-23-17-27(18-23)40-15-13-39(14-16-40)26-9-10-26)19-22-5-7-25(8-6-22)34-32-33-12-11-30(36-32)35-31-21-29(37-38-31)24-3-1-2-4-24/h11-12,21-27H,1-10,13-20H2,(H3,33,34,35,36,37,38). The highest BCUT2D eigenvalue weighted by Crippen LogP contribution is 2.38. The van der Waals surface area contributed by atoms with Crippen LogP contribution in [0.25, 0.3) is 0 Å². The Morgan fingerprint density at radius 1 is 0.854 bits per heavy atom. The lowest BCUT2D eigenvalue weighted by atomic mass is 9.74. The molecule has 2 aromatic rings. The van der Waals surface area contributed by atoms with Gasteiger partial charge in [0.05, 0.1) is 0 Å². The molecule has 222 valence electrons. The predicted molar refractivity (Wildman–Crippen MR) is 161 cm³/mol. The topological polar surface area (TPSA) is 102 Å². The number of rotatable bonds is 11. The monoisotopic (exact) mass is 560 g/mol. The highest BCUT2D eigenvalue weighted by atomic mass is 16.1. The summed E-state index contributed by atoms with van der Waals surface area (Å²) < 4.78 is 0. The Morgan fingerprint density at radius 2 is 1.56 bits per heavy atom. The number of carbonyl (C=O) groups is 1. The van der Waals surface area contributed by atoms with E-state index in [-0.39, 0.29) is 0 Å². The number of piperazine rings is 1. The van der Waals surface area contributed by atoms with Crippen LogP contribution < -0.4 is 10.6 Å². The van der Waals surface area contributed by atoms with E-state index in [0.29, 0.717) is 35.5 Å². The zero-order valence-electron chi connectivity index (χ0n) is 24.6. The minimum absolute atomic E-state index is 0.365. The number of H-pyrrole nitrogens is 1. The Balaban J connectivity index is 0.798. The van der Waals surface area contributed by atoms with Gasteiger partial charge in [-0.2, -0.15) is 10.1 Å². The summed E-state index contributed by atoms with van der Waals surface area (Å²) in [5.74, 6) is 4.50. The number of hydrogen-bond acceptors (Lipinski definition) is 8. The zero-order valence-corrected chi connectivity index (χ0v) is 24.6. The van der Waals surface area contributed by atoms with Crippen molar-refractivity contribution in [3.05, 3.63) is 24.0 Å². The van der Waals surface area contributed by atoms with Crippen LogP contribution in [0.3, 0.4) is 0 Å². The molecular weight excluding hydrogens is 512 g/mol. The van der Waals surface area contributed by atoms with Crippen LogP contribution in [0.2, 0.25) is 0 Å². The van der Waals surface area contributed by atoms with Crippen LogP contribution in [-0.2, 0) is 4.79 Å². The van der Waals surface area contributed by atoms with Crippen molar-refractivity contribution in [2.45, 2.75) is 114 Å². The van der Waals surface area contributed by atoms with Gasteiger partial charge in [0.25, 0.3) is 0 Å². The molecule has 9 nitrogen and oxygen atoms in total. The summed E-state index contributed by atoms with van der Waals surface area (Å²) in [5, 5.41) is 14.5. The second-order valence-corrected chi connectivity index (χ2v) is 13.7. The summed E-state index contributed by atoms with van der Waals surface area (Å²) >= 11 is 0. The summed E-state index contributed by atoms with van der Waals surface area (Å²) in [5.41, 5.74) is 1.22. The number of hydrogen-bond donors (Lipinski definition) is 3. The molecule has 0 unspecified atom stereocenters. The number of anilines is 3. The van der Waals surface area contributed by atoms with E-state index >= 15 is 0 Å². The van der Waals surface area contributed by atoms with E-state index in [1.54, 1.807) is 6.20 Å². The number of nitrogens with zero attached hydrogens (tertiary/aromatic N) is 5. The molecule has 1 aliphatic heterocycles. The maximum Gasteiger partial charge on any atom is 0.224 e. The zero-order chi connectivity index (χ0) is 27.6. The molecule has 2 aromatic heterocycles. The summed E-state index contributed by atoms with van der Waals surface area (Å²) in [4.78, 5) is 27.4. The van der Waals surface area contributed by atoms with Crippen molar-refractivity contribution < 1.29 is 4.79 Å². The van der Waals surface area contributed by atoms with E-state index in [9.17, 15) is 4.79 Å². The Kier molecular flexibility index (Phi) is 8.25. The molecule has 0 atom stereocenters. The average molecular weight is 561 g/mol. The quantitative estimate of drug-likeness (QED) is 0.332. The van der Waals surface area contributed by atoms with Crippen LogP contribution in [0, 0.1) is 11.8 Å². The maximum absolute atomic E-state index is 12.9. The first kappa shape index (κ1) is 27.3. The molecule has 9 heteroatoms. The average Bonchev–Trinajstić information content (AvgIpc) is 3.46. The minimum Gasteiger partial charge on any atom is -0.351 e. The normalized spacial score (nSPS) is 29.8. The first-order valence-electron chi connectivity index (χ1n) is 16.6. The molecule has 1 saturated heterocycles. The van der Waals surface area contributed by atoms with Crippen molar-refractivity contribution in [1.29, 1.82) is 0 Å². The van der Waals surface area contributed by atoms with E-state index in [0.717, 1.165) is 62.2 Å². The van der Waals surface area contributed by atoms with Crippen molar-refractivity contribution in [2.75, 3.05) is 36.8 Å². The molecule has 5 fully saturated rings. The van der Waals surface area contributed by atoms with Gasteiger partial charge in [0.2, 0.25) is 5.95 Å². The van der Waals surface area contributed by atoms with Gasteiger partial charge in [0.15, 0.2) is 5.82 Å². The molecule has 4 aliphatic carbocycles. The van der Waals surface area contributed by atoms with E-state index in [1.165, 1.54) is 83.2 Å². The summed E-state index contributed by atoms with van der Waals surface area (Å²) in [6, 6.07) is 6.01. The van der Waals surface area contributed by atoms with Crippen LogP contribution in [0.1, 0.15) is 102 Å². The Bertz CT molecular complexity index is 1150. The minimum atomic E-state index is 0.365. The summed E-state index contributed by atoms with van der Waals surface area (Å²) in [6.45, 7) is 4.97. The van der Waals surface area contributed by atoms with Gasteiger partial charge in [-0.15, -0.1) is 0 Å². The molecule has 0 amide bonds. The van der Waals surface area contributed by atoms with E-state index < -0.39 is 0 Å². The van der Waals surface area contributed by atoms with Crippen molar-refractivity contribution in [2.24, 2.45) is 11.8 Å². The molecule has 3 N–H and O–H groups in total. The first-order valence-corrected chi connectivity index (χ1v) is 16.6. The van der Waals surface area contributed by atoms with Gasteiger partial charge in [-0.1, -0.05) is 12.8 Å². The van der Waals surface area contributed by atoms with E-state index in [2.05, 4.69) is 41.7 Å². The van der Waals surface area contributed by atoms with Crippen molar-refractivity contribution >= 4 is 23.4 Å². The number of Topliss-reactive ketones (excluding diaryl/α,β-unsaturated/α-hetero) is 1. The molecule has 7 rings (SSSR count). The lowest BCUT2D eigenvalue weighted by Gasteiger charge is -2.46. The Morgan fingerprint density at radius 3 is 2.29 bits per heavy atom. The molecule has 0 radical (unpaired) electrons. The SMILES string of the molecule is O=C(CC1CCC(Nc2nccc(Nc3cc(C4CCCC4)[nH]n3)n2)CC1)CC1CC(N2CCN(C3CC3)CC2)C1. The third-order valence-electron chi connectivity index (χ3n) is 10.7. The smallest absolute Gasteiger partial charge is 0.224 e. The van der Waals surface area contributed by atoms with Crippen molar-refractivity contribution in [1.82, 2.24) is 30.0 Å². The number of aromatic nitrogens is 4. The highest BCUT2D eigenvalue weighted by Gasteiger charge is 2.38. The molecule has 4 saturated carbocycles. The fraction of sp³-hybridized carbons (Fsp3) is 0.750. The second kappa shape index (κ2) is 12.4. The first-order chi connectivity index (χ1) is 20.1. The second-order valence-electron chi connectivity index (χ2n) is 13.7. The molecule has 41 heavy (non-hydrogen) atoms. The highest BCUT2D eigenvalue weighted by molar-refractivity contribution is 5.79. The maximum atomic E-state index is 12.9. The van der Waals surface area contributed by atoms with Gasteiger partial charge in [0.1, 0.15) is 11.6 Å². The third kappa shape index (κ3) is 6.94. The summed E-state index contributed by atoms with van der Waals surface area (Å²) in [6.07, 6.45) is 18.2. The number of carbonyl (C=O) groups excluding carboxylic acids is 1. The molecule has 0 bridgehead atoms. The van der Waals surface area contributed by atoms with Crippen LogP contribution in [0.15, 0.2) is 18.3 Å². The van der Waals surface area contributed by atoms with Crippen LogP contribution >= 0.6 is 0 Å². The van der Waals surface area contributed by atoms with Gasteiger partial charge in [-0.05, 0) is 82.1 Å². The Hall–Kier alpha value is -2.52. The van der Waals surface area contributed by atoms with Crippen molar-refractivity contribution in [3.8, 4) is 0 Å². The molecule has 0 spiro atoms. The number of ketones is 1. The molecule has 0 aromatic carbocycles. The van der Waals surface area contributed by atoms with Crippen molar-refractivity contribution in [3.63, 3.8) is 0 Å². The van der Waals surface area contributed by atoms with E-state index in [1.807, 2.05) is 6.07 Å².